The van der Waals surface area contributed by atoms with Gasteiger partial charge < -0.3 is 19.5 Å². The van der Waals surface area contributed by atoms with Crippen LogP contribution in [-0.2, 0) is 17.6 Å². The average molecular weight is 412 g/mol. The Balaban J connectivity index is 1.82. The predicted molar refractivity (Wildman–Crippen MR) is 118 cm³/mol. The molecule has 0 radical (unpaired) electrons. The van der Waals surface area contributed by atoms with E-state index in [1.165, 1.54) is 12.7 Å². The topological polar surface area (TPSA) is 59.0 Å². The minimum atomic E-state index is -0.555. The molecule has 0 spiro atoms. The van der Waals surface area contributed by atoms with Crippen LogP contribution < -0.4 is 4.74 Å². The molecule has 162 valence electrons. The van der Waals surface area contributed by atoms with Gasteiger partial charge in [-0.3, -0.25) is 0 Å². The van der Waals surface area contributed by atoms with Crippen LogP contribution >= 0.6 is 0 Å². The third-order valence-electron chi connectivity index (χ3n) is 6.58. The lowest BCUT2D eigenvalue weighted by molar-refractivity contribution is 0.0470. The molecule has 1 N–H and O–H groups in total. The molecular formula is C25H33NO4. The van der Waals surface area contributed by atoms with E-state index in [0.29, 0.717) is 13.1 Å². The van der Waals surface area contributed by atoms with Crippen LogP contribution in [0.2, 0.25) is 0 Å². The predicted octanol–water partition coefficient (Wildman–Crippen LogP) is 4.42. The number of nitrogens with zero attached hydrogens (tertiary/aromatic N) is 1. The molecule has 1 fully saturated rings. The highest BCUT2D eigenvalue weighted by Gasteiger charge is 2.48. The third-order valence-corrected chi connectivity index (χ3v) is 6.58. The van der Waals surface area contributed by atoms with Gasteiger partial charge in [0.2, 0.25) is 0 Å². The molecule has 3 rings (SSSR count). The second-order valence-electron chi connectivity index (χ2n) is 8.50. The van der Waals surface area contributed by atoms with E-state index in [9.17, 15) is 9.90 Å². The summed E-state index contributed by atoms with van der Waals surface area (Å²) in [7, 11) is 3.10. The normalized spacial score (nSPS) is 22.0. The van der Waals surface area contributed by atoms with Gasteiger partial charge in [-0.1, -0.05) is 49.4 Å². The summed E-state index contributed by atoms with van der Waals surface area (Å²) in [5.41, 5.74) is 3.18. The highest BCUT2D eigenvalue weighted by molar-refractivity contribution is 5.68. The van der Waals surface area contributed by atoms with Crippen molar-refractivity contribution >= 4 is 6.09 Å². The van der Waals surface area contributed by atoms with Gasteiger partial charge in [-0.2, -0.15) is 0 Å². The smallest absolute Gasteiger partial charge is 0.409 e. The summed E-state index contributed by atoms with van der Waals surface area (Å²) in [5, 5.41) is 10.5. The number of hydrogen-bond acceptors (Lipinski definition) is 4. The van der Waals surface area contributed by atoms with E-state index in [-0.39, 0.29) is 12.0 Å². The number of hydrogen-bond donors (Lipinski definition) is 1. The Hall–Kier alpha value is -2.53. The van der Waals surface area contributed by atoms with E-state index in [4.69, 9.17) is 9.47 Å². The Morgan fingerprint density at radius 2 is 1.93 bits per heavy atom. The number of aliphatic hydroxyl groups excluding tert-OH is 1. The van der Waals surface area contributed by atoms with Gasteiger partial charge in [0.25, 0.3) is 0 Å². The molecule has 0 aromatic heterocycles. The van der Waals surface area contributed by atoms with Gasteiger partial charge in [0, 0.05) is 24.4 Å². The van der Waals surface area contributed by atoms with Crippen molar-refractivity contribution in [2.45, 2.75) is 45.1 Å². The number of carbonyl (C=O) groups excluding carboxylic acids is 1. The van der Waals surface area contributed by atoms with Gasteiger partial charge in [0.1, 0.15) is 5.75 Å². The first-order valence-electron chi connectivity index (χ1n) is 10.6. The number of rotatable bonds is 7. The number of methoxy groups -OCH3 is 2. The first-order chi connectivity index (χ1) is 14.4. The number of amides is 1. The maximum atomic E-state index is 12.1. The number of likely N-dealkylation sites (tertiary alicyclic amines) is 1. The zero-order chi connectivity index (χ0) is 21.7. The van der Waals surface area contributed by atoms with Crippen LogP contribution in [0.15, 0.2) is 48.5 Å². The van der Waals surface area contributed by atoms with Crippen molar-refractivity contribution in [3.05, 3.63) is 65.2 Å². The standard InChI is InChI=1S/C25H33NO4/c1-18(27)25(2)17-26(24(28)30-4)16-22(25)20-13-14-23(29-3)21(15-20)12-8-11-19-9-6-5-7-10-19/h5-7,9-10,13-15,18,22,27H,8,11-12,16-17H2,1-4H3/t18-,22-,25-/m0/s1. The number of benzene rings is 2. The Kier molecular flexibility index (Phi) is 7.03. The number of aryl methyl sites for hydroxylation is 2. The van der Waals surface area contributed by atoms with Crippen LogP contribution in [0.4, 0.5) is 4.79 Å². The minimum absolute atomic E-state index is 0.0235. The van der Waals surface area contributed by atoms with Crippen molar-refractivity contribution in [3.63, 3.8) is 0 Å². The summed E-state index contributed by atoms with van der Waals surface area (Å²) in [6.07, 6.45) is 2.04. The molecule has 2 aromatic rings. The quantitative estimate of drug-likeness (QED) is 0.733. The molecule has 1 saturated heterocycles. The zero-order valence-electron chi connectivity index (χ0n) is 18.4. The van der Waals surface area contributed by atoms with E-state index in [2.05, 4.69) is 36.4 Å². The lowest BCUT2D eigenvalue weighted by Gasteiger charge is -2.33. The summed E-state index contributed by atoms with van der Waals surface area (Å²) in [6.45, 7) is 4.85. The highest BCUT2D eigenvalue weighted by atomic mass is 16.5. The Morgan fingerprint density at radius 3 is 2.57 bits per heavy atom. The molecule has 0 bridgehead atoms. The third kappa shape index (κ3) is 4.62. The Bertz CT molecular complexity index is 851. The fourth-order valence-electron chi connectivity index (χ4n) is 4.53. The van der Waals surface area contributed by atoms with Crippen LogP contribution in [-0.4, -0.2) is 49.5 Å². The summed E-state index contributed by atoms with van der Waals surface area (Å²) in [6, 6.07) is 16.7. The van der Waals surface area contributed by atoms with Gasteiger partial charge >= 0.3 is 6.09 Å². The monoisotopic (exact) mass is 411 g/mol. The van der Waals surface area contributed by atoms with Crippen molar-refractivity contribution in [3.8, 4) is 5.75 Å². The van der Waals surface area contributed by atoms with Crippen molar-refractivity contribution in [1.29, 1.82) is 0 Å². The second-order valence-corrected chi connectivity index (χ2v) is 8.50. The van der Waals surface area contributed by atoms with Crippen molar-refractivity contribution < 1.29 is 19.4 Å². The second kappa shape index (κ2) is 9.52. The fourth-order valence-corrected chi connectivity index (χ4v) is 4.53. The van der Waals surface area contributed by atoms with Crippen LogP contribution in [0.1, 0.15) is 42.9 Å². The SMILES string of the molecule is COC(=O)N1C[C@@H](c2ccc(OC)c(CCCc3ccccc3)c2)[C@](C)([C@H](C)O)C1. The van der Waals surface area contributed by atoms with E-state index in [1.54, 1.807) is 18.9 Å². The number of carbonyl (C=O) groups is 1. The molecular weight excluding hydrogens is 378 g/mol. The van der Waals surface area contributed by atoms with E-state index in [1.807, 2.05) is 19.1 Å². The largest absolute Gasteiger partial charge is 0.496 e. The molecule has 0 saturated carbocycles. The molecule has 1 heterocycles. The molecule has 1 aliphatic heterocycles. The van der Waals surface area contributed by atoms with Gasteiger partial charge in [-0.25, -0.2) is 4.79 Å². The van der Waals surface area contributed by atoms with E-state index >= 15 is 0 Å². The maximum absolute atomic E-state index is 12.1. The van der Waals surface area contributed by atoms with Gasteiger partial charge in [-0.15, -0.1) is 0 Å². The van der Waals surface area contributed by atoms with E-state index < -0.39 is 11.5 Å². The van der Waals surface area contributed by atoms with Crippen LogP contribution in [0.3, 0.4) is 0 Å². The molecule has 30 heavy (non-hydrogen) atoms. The molecule has 5 heteroatoms. The number of ether oxygens (including phenoxy) is 2. The number of aliphatic hydroxyl groups is 1. The summed E-state index contributed by atoms with van der Waals surface area (Å²) < 4.78 is 10.5. The van der Waals surface area contributed by atoms with Crippen molar-refractivity contribution in [2.75, 3.05) is 27.3 Å². The molecule has 5 nitrogen and oxygen atoms in total. The van der Waals surface area contributed by atoms with Crippen molar-refractivity contribution in [2.24, 2.45) is 5.41 Å². The Morgan fingerprint density at radius 1 is 1.20 bits per heavy atom. The summed E-state index contributed by atoms with van der Waals surface area (Å²) in [5.74, 6) is 0.906. The maximum Gasteiger partial charge on any atom is 0.409 e. The van der Waals surface area contributed by atoms with Gasteiger partial charge in [0.15, 0.2) is 0 Å². The van der Waals surface area contributed by atoms with Crippen molar-refractivity contribution in [1.82, 2.24) is 4.90 Å². The Labute approximate surface area is 179 Å². The van der Waals surface area contributed by atoms with Gasteiger partial charge in [-0.05, 0) is 48.9 Å². The zero-order valence-corrected chi connectivity index (χ0v) is 18.4. The first kappa shape index (κ1) is 22.2. The van der Waals surface area contributed by atoms with Crippen LogP contribution in [0, 0.1) is 5.41 Å². The molecule has 1 aliphatic rings. The minimum Gasteiger partial charge on any atom is -0.496 e. The first-order valence-corrected chi connectivity index (χ1v) is 10.6. The molecule has 3 atom stereocenters. The van der Waals surface area contributed by atoms with E-state index in [0.717, 1.165) is 36.1 Å². The molecule has 2 aromatic carbocycles. The van der Waals surface area contributed by atoms with Crippen LogP contribution in [0.25, 0.3) is 0 Å². The fraction of sp³-hybridized carbons (Fsp3) is 0.480. The summed E-state index contributed by atoms with van der Waals surface area (Å²) in [4.78, 5) is 13.8. The highest BCUT2D eigenvalue weighted by Crippen LogP contribution is 2.46. The molecule has 1 amide bonds. The van der Waals surface area contributed by atoms with Gasteiger partial charge in [0.05, 0.1) is 20.3 Å². The molecule has 0 aliphatic carbocycles. The van der Waals surface area contributed by atoms with Crippen LogP contribution in [0.5, 0.6) is 5.75 Å². The average Bonchev–Trinajstić information content (AvgIpc) is 3.13. The summed E-state index contributed by atoms with van der Waals surface area (Å²) >= 11 is 0. The lowest BCUT2D eigenvalue weighted by atomic mass is 9.72. The molecule has 0 unspecified atom stereocenters. The lowest BCUT2D eigenvalue weighted by Crippen LogP contribution is -2.38.